The summed E-state index contributed by atoms with van der Waals surface area (Å²) in [5, 5.41) is 4.47. The molecule has 4 rings (SSSR count). The molecule has 158 valence electrons. The predicted molar refractivity (Wildman–Crippen MR) is 127 cm³/mol. The minimum Gasteiger partial charge on any atom is -0.363 e. The van der Waals surface area contributed by atoms with Gasteiger partial charge in [0, 0.05) is 33.5 Å². The number of aryl methyl sites for hydroxylation is 3. The Hall–Kier alpha value is -3.32. The van der Waals surface area contributed by atoms with Gasteiger partial charge >= 0.3 is 0 Å². The lowest BCUT2D eigenvalue weighted by atomic mass is 10.2. The first-order valence-corrected chi connectivity index (χ1v) is 11.0. The second kappa shape index (κ2) is 8.43. The van der Waals surface area contributed by atoms with Crippen molar-refractivity contribution in [2.45, 2.75) is 40.7 Å². The maximum absolute atomic E-state index is 12.0. The second-order valence-corrected chi connectivity index (χ2v) is 8.79. The van der Waals surface area contributed by atoms with Crippen LogP contribution in [0.1, 0.15) is 40.4 Å². The van der Waals surface area contributed by atoms with Crippen molar-refractivity contribution in [3.63, 3.8) is 0 Å². The number of hydrogen-bond acceptors (Lipinski definition) is 6. The number of anilines is 1. The second-order valence-electron chi connectivity index (χ2n) is 7.76. The molecule has 3 heterocycles. The maximum Gasteiger partial charge on any atom is 0.254 e. The largest absolute Gasteiger partial charge is 0.363 e. The van der Waals surface area contributed by atoms with E-state index in [1.54, 1.807) is 24.5 Å². The third-order valence-corrected chi connectivity index (χ3v) is 6.71. The zero-order chi connectivity index (χ0) is 22.1. The molecule has 1 aromatic carbocycles. The number of nitrogens with zero attached hydrogens (tertiary/aromatic N) is 3. The van der Waals surface area contributed by atoms with E-state index < -0.39 is 0 Å². The van der Waals surface area contributed by atoms with E-state index in [-0.39, 0.29) is 11.6 Å². The van der Waals surface area contributed by atoms with Crippen LogP contribution in [0.15, 0.2) is 47.4 Å². The molecular formula is C24H25N5OS. The Morgan fingerprint density at radius 2 is 1.65 bits per heavy atom. The van der Waals surface area contributed by atoms with Gasteiger partial charge in [0.25, 0.3) is 5.56 Å². The van der Waals surface area contributed by atoms with E-state index in [0.717, 1.165) is 33.3 Å². The number of aromatic amines is 1. The molecule has 1 unspecified atom stereocenters. The normalized spacial score (nSPS) is 12.0. The van der Waals surface area contributed by atoms with E-state index in [1.165, 1.54) is 10.4 Å². The van der Waals surface area contributed by atoms with Crippen LogP contribution < -0.4 is 10.9 Å². The van der Waals surface area contributed by atoms with Crippen LogP contribution in [-0.2, 0) is 0 Å². The smallest absolute Gasteiger partial charge is 0.254 e. The summed E-state index contributed by atoms with van der Waals surface area (Å²) in [6, 6.07) is 12.3. The Kier molecular flexibility index (Phi) is 5.69. The van der Waals surface area contributed by atoms with E-state index in [0.29, 0.717) is 11.4 Å². The molecule has 6 nitrogen and oxygen atoms in total. The molecule has 0 radical (unpaired) electrons. The first-order chi connectivity index (χ1) is 14.8. The highest BCUT2D eigenvalue weighted by Crippen LogP contribution is 2.33. The number of thiazole rings is 1. The first kappa shape index (κ1) is 20.9. The van der Waals surface area contributed by atoms with Gasteiger partial charge in [0.15, 0.2) is 0 Å². The SMILES string of the molecule is Cc1ccc(-c2nc(C)c(C(C)Nc3ccc(-c4nc(C)c(C)c(=O)[nH]4)cn3)s2)cc1. The van der Waals surface area contributed by atoms with E-state index in [4.69, 9.17) is 4.98 Å². The standard InChI is InChI=1S/C24H25N5OS/c1-13-6-8-18(9-7-13)24-28-17(5)21(31-24)16(4)26-20-11-10-19(12-25-20)22-27-15(3)14(2)23(30)29-22/h6-12,16H,1-5H3,(H,25,26)(H,27,29,30). The molecule has 0 aliphatic carbocycles. The molecule has 0 amide bonds. The molecule has 0 aliphatic rings. The number of H-pyrrole nitrogens is 1. The summed E-state index contributed by atoms with van der Waals surface area (Å²) in [6.45, 7) is 9.84. The average molecular weight is 432 g/mol. The molecule has 3 aromatic heterocycles. The van der Waals surface area contributed by atoms with E-state index in [9.17, 15) is 4.79 Å². The Morgan fingerprint density at radius 3 is 2.29 bits per heavy atom. The quantitative estimate of drug-likeness (QED) is 0.444. The lowest BCUT2D eigenvalue weighted by Crippen LogP contribution is -2.14. The number of aromatic nitrogens is 4. The molecule has 0 bridgehead atoms. The van der Waals surface area contributed by atoms with Crippen LogP contribution in [0.5, 0.6) is 0 Å². The van der Waals surface area contributed by atoms with Crippen molar-refractivity contribution in [1.29, 1.82) is 0 Å². The highest BCUT2D eigenvalue weighted by Gasteiger charge is 2.16. The van der Waals surface area contributed by atoms with Crippen molar-refractivity contribution in [2.75, 3.05) is 5.32 Å². The fraction of sp³-hybridized carbons (Fsp3) is 0.250. The van der Waals surface area contributed by atoms with Gasteiger partial charge in [0.05, 0.1) is 11.7 Å². The van der Waals surface area contributed by atoms with Crippen LogP contribution in [0.2, 0.25) is 0 Å². The Labute approximate surface area is 185 Å². The van der Waals surface area contributed by atoms with Crippen LogP contribution in [-0.4, -0.2) is 19.9 Å². The van der Waals surface area contributed by atoms with Gasteiger partial charge in [-0.2, -0.15) is 0 Å². The van der Waals surface area contributed by atoms with Crippen LogP contribution in [0.25, 0.3) is 22.0 Å². The van der Waals surface area contributed by atoms with Crippen molar-refractivity contribution >= 4 is 17.2 Å². The van der Waals surface area contributed by atoms with Gasteiger partial charge in [-0.05, 0) is 46.8 Å². The number of pyridine rings is 1. The minimum absolute atomic E-state index is 0.0644. The van der Waals surface area contributed by atoms with Crippen molar-refractivity contribution in [3.8, 4) is 22.0 Å². The summed E-state index contributed by atoms with van der Waals surface area (Å²) in [6.07, 6.45) is 1.72. The number of nitrogens with one attached hydrogen (secondary N) is 2. The molecule has 0 saturated heterocycles. The zero-order valence-corrected chi connectivity index (χ0v) is 19.1. The van der Waals surface area contributed by atoms with Gasteiger partial charge in [-0.25, -0.2) is 15.0 Å². The van der Waals surface area contributed by atoms with Gasteiger partial charge < -0.3 is 10.3 Å². The molecule has 2 N–H and O–H groups in total. The molecule has 1 atom stereocenters. The molecular weight excluding hydrogens is 406 g/mol. The average Bonchev–Trinajstić information content (AvgIpc) is 3.14. The Morgan fingerprint density at radius 1 is 0.935 bits per heavy atom. The van der Waals surface area contributed by atoms with Crippen molar-refractivity contribution in [2.24, 2.45) is 0 Å². The topological polar surface area (TPSA) is 83.6 Å². The highest BCUT2D eigenvalue weighted by molar-refractivity contribution is 7.15. The fourth-order valence-electron chi connectivity index (χ4n) is 3.32. The highest BCUT2D eigenvalue weighted by atomic mass is 32.1. The van der Waals surface area contributed by atoms with Gasteiger partial charge in [0.2, 0.25) is 0 Å². The lowest BCUT2D eigenvalue weighted by Gasteiger charge is -2.14. The molecule has 7 heteroatoms. The number of rotatable bonds is 5. The summed E-state index contributed by atoms with van der Waals surface area (Å²) in [4.78, 5) is 29.8. The molecule has 0 fully saturated rings. The summed E-state index contributed by atoms with van der Waals surface area (Å²) in [5.41, 5.74) is 5.40. The molecule has 0 aliphatic heterocycles. The summed E-state index contributed by atoms with van der Waals surface area (Å²) >= 11 is 1.70. The predicted octanol–water partition coefficient (Wildman–Crippen LogP) is 5.36. The zero-order valence-electron chi connectivity index (χ0n) is 18.3. The van der Waals surface area contributed by atoms with Gasteiger partial charge in [-0.1, -0.05) is 29.8 Å². The molecule has 0 saturated carbocycles. The number of benzene rings is 1. The van der Waals surface area contributed by atoms with Gasteiger partial charge in [-0.3, -0.25) is 4.79 Å². The summed E-state index contributed by atoms with van der Waals surface area (Å²) < 4.78 is 0. The van der Waals surface area contributed by atoms with E-state index in [1.807, 2.05) is 26.0 Å². The van der Waals surface area contributed by atoms with Crippen LogP contribution in [0.4, 0.5) is 5.82 Å². The minimum atomic E-state index is -0.122. The third kappa shape index (κ3) is 4.41. The van der Waals surface area contributed by atoms with Crippen molar-refractivity contribution in [3.05, 3.63) is 80.3 Å². The van der Waals surface area contributed by atoms with Gasteiger partial charge in [-0.15, -0.1) is 11.3 Å². The summed E-state index contributed by atoms with van der Waals surface area (Å²) in [5.74, 6) is 1.29. The van der Waals surface area contributed by atoms with Crippen molar-refractivity contribution < 1.29 is 0 Å². The Bertz CT molecular complexity index is 1270. The van der Waals surface area contributed by atoms with Crippen LogP contribution >= 0.6 is 11.3 Å². The van der Waals surface area contributed by atoms with Crippen LogP contribution in [0.3, 0.4) is 0 Å². The van der Waals surface area contributed by atoms with E-state index >= 15 is 0 Å². The van der Waals surface area contributed by atoms with Crippen molar-refractivity contribution in [1.82, 2.24) is 19.9 Å². The lowest BCUT2D eigenvalue weighted by molar-refractivity contribution is 0.880. The molecule has 31 heavy (non-hydrogen) atoms. The third-order valence-electron chi connectivity index (χ3n) is 5.32. The fourth-order valence-corrected chi connectivity index (χ4v) is 4.39. The van der Waals surface area contributed by atoms with Crippen LogP contribution in [0, 0.1) is 27.7 Å². The molecule has 4 aromatic rings. The monoisotopic (exact) mass is 431 g/mol. The maximum atomic E-state index is 12.0. The summed E-state index contributed by atoms with van der Waals surface area (Å²) in [7, 11) is 0. The number of hydrogen-bond donors (Lipinski definition) is 2. The first-order valence-electron chi connectivity index (χ1n) is 10.2. The van der Waals surface area contributed by atoms with E-state index in [2.05, 4.69) is 58.4 Å². The van der Waals surface area contributed by atoms with Gasteiger partial charge in [0.1, 0.15) is 16.6 Å². The molecule has 0 spiro atoms. The Balaban J connectivity index is 1.52.